The van der Waals surface area contributed by atoms with Crippen molar-refractivity contribution in [3.8, 4) is 0 Å². The Morgan fingerprint density at radius 1 is 0.571 bits per heavy atom. The van der Waals surface area contributed by atoms with E-state index in [-0.39, 0.29) is 68.8 Å². The Morgan fingerprint density at radius 3 is 1.48 bits per heavy atom. The van der Waals surface area contributed by atoms with Crippen molar-refractivity contribution in [2.75, 3.05) is 19.6 Å². The van der Waals surface area contributed by atoms with Crippen molar-refractivity contribution in [1.29, 1.82) is 0 Å². The van der Waals surface area contributed by atoms with E-state index < -0.39 is 109 Å². The van der Waals surface area contributed by atoms with Crippen LogP contribution in [0.2, 0.25) is 0 Å². The van der Waals surface area contributed by atoms with Crippen LogP contribution in [0.5, 0.6) is 0 Å². The van der Waals surface area contributed by atoms with Crippen LogP contribution in [-0.2, 0) is 49.6 Å². The highest BCUT2D eigenvalue weighted by Gasteiger charge is 2.34. The highest BCUT2D eigenvalue weighted by Crippen LogP contribution is 2.12. The number of carboxylic acids is 2. The number of hydrogen-bond donors (Lipinski definition) is 12. The summed E-state index contributed by atoms with van der Waals surface area (Å²) in [6, 6.07) is 0.598. The number of amides is 7. The fourth-order valence-electron chi connectivity index (χ4n) is 6.22. The molecule has 1 rings (SSSR count). The minimum atomic E-state index is -1.72. The second-order valence-electron chi connectivity index (χ2n) is 16.4. The molecule has 1 aromatic rings. The van der Waals surface area contributed by atoms with E-state index in [0.717, 1.165) is 0 Å². The van der Waals surface area contributed by atoms with E-state index in [2.05, 4.69) is 42.2 Å². The van der Waals surface area contributed by atoms with Crippen molar-refractivity contribution >= 4 is 59.2 Å². The summed E-state index contributed by atoms with van der Waals surface area (Å²) in [6.45, 7) is 9.65. The molecule has 22 heteroatoms. The molecule has 0 aliphatic rings. The highest BCUT2D eigenvalue weighted by molar-refractivity contribution is 5.98. The van der Waals surface area contributed by atoms with Gasteiger partial charge >= 0.3 is 11.9 Å². The number of benzene rings is 1. The van der Waals surface area contributed by atoms with Crippen molar-refractivity contribution in [3.63, 3.8) is 0 Å². The van der Waals surface area contributed by atoms with Crippen LogP contribution in [0.15, 0.2) is 35.3 Å². The number of carbonyl (C=O) groups excluding carboxylic acids is 7. The summed E-state index contributed by atoms with van der Waals surface area (Å²) in [6.07, 6.45) is -0.633. The summed E-state index contributed by atoms with van der Waals surface area (Å²) in [7, 11) is 0. The van der Waals surface area contributed by atoms with Crippen LogP contribution in [0.4, 0.5) is 0 Å². The van der Waals surface area contributed by atoms with E-state index in [1.165, 1.54) is 0 Å². The molecule has 7 amide bonds. The molecule has 0 radical (unpaired) electrons. The van der Waals surface area contributed by atoms with Crippen LogP contribution in [0.3, 0.4) is 0 Å². The third kappa shape index (κ3) is 22.9. The number of nitrogens with one attached hydrogen (secondary N) is 7. The molecule has 0 saturated carbocycles. The Bertz CT molecular complexity index is 1740. The second kappa shape index (κ2) is 28.3. The fourth-order valence-corrected chi connectivity index (χ4v) is 6.22. The lowest BCUT2D eigenvalue weighted by Gasteiger charge is -2.28. The molecule has 15 N–H and O–H groups in total. The van der Waals surface area contributed by atoms with Gasteiger partial charge in [-0.25, -0.2) is 0 Å². The molecule has 0 unspecified atom stereocenters. The lowest BCUT2D eigenvalue weighted by atomic mass is 9.99. The summed E-state index contributed by atoms with van der Waals surface area (Å²) in [5, 5.41) is 36.3. The first-order valence-electron chi connectivity index (χ1n) is 20.8. The first-order valence-corrected chi connectivity index (χ1v) is 20.8. The van der Waals surface area contributed by atoms with E-state index in [0.29, 0.717) is 5.56 Å². The zero-order valence-corrected chi connectivity index (χ0v) is 36.9. The molecule has 6 atom stereocenters. The predicted molar refractivity (Wildman–Crippen MR) is 232 cm³/mol. The van der Waals surface area contributed by atoms with Gasteiger partial charge in [-0.05, 0) is 55.4 Å². The Labute approximate surface area is 367 Å². The zero-order valence-electron chi connectivity index (χ0n) is 36.9. The third-order valence-corrected chi connectivity index (χ3v) is 9.14. The quantitative estimate of drug-likeness (QED) is 0.0235. The Balaban J connectivity index is 3.53. The normalized spacial score (nSPS) is 13.9. The second-order valence-corrected chi connectivity index (χ2v) is 16.4. The molecular formula is C41H67N11O11. The van der Waals surface area contributed by atoms with Crippen LogP contribution in [0.1, 0.15) is 85.6 Å². The number of guanidine groups is 1. The summed E-state index contributed by atoms with van der Waals surface area (Å²) in [4.78, 5) is 121. The maximum atomic E-state index is 14.1. The number of aliphatic imine (C=N–C) groups is 1. The maximum Gasteiger partial charge on any atom is 0.322 e. The minimum absolute atomic E-state index is 0.0211. The van der Waals surface area contributed by atoms with Gasteiger partial charge < -0.3 is 64.6 Å². The summed E-state index contributed by atoms with van der Waals surface area (Å²) >= 11 is 0. The molecule has 0 saturated heterocycles. The molecule has 0 spiro atoms. The molecule has 352 valence electrons. The van der Waals surface area contributed by atoms with Crippen LogP contribution < -0.4 is 54.4 Å². The van der Waals surface area contributed by atoms with Gasteiger partial charge in [0, 0.05) is 13.0 Å². The standard InChI is InChI=1S/C41H67N11O11/c1-22(2)15-27(35(58)46-21-34(56)57)49-39(62)30(18-25-11-8-7-9-12-25)51-38(61)29(17-24(5)6)50-36(59)26(13-10-14-45-41(43)44)48-40(63)31(19-33(54)55)52-37(60)28(16-23(3)4)47-32(53)20-42/h7-9,11-12,22-24,26-31H,10,13-21,42H2,1-6H3,(H,46,58)(H,47,53)(H,48,63)(H,49,62)(H,50,59)(H,51,61)(H,52,60)(H,54,55)(H,56,57)(H4,43,44,45)/t26-,27-,28-,29-,30-,31-/m0/s1. The number of carbonyl (C=O) groups is 9. The van der Waals surface area contributed by atoms with Crippen molar-refractivity contribution < 1.29 is 53.4 Å². The summed E-state index contributed by atoms with van der Waals surface area (Å²) in [5.41, 5.74) is 17.0. The number of nitrogens with two attached hydrogens (primary N) is 3. The van der Waals surface area contributed by atoms with Gasteiger partial charge in [0.05, 0.1) is 13.0 Å². The van der Waals surface area contributed by atoms with Crippen LogP contribution in [-0.4, -0.2) is 125 Å². The van der Waals surface area contributed by atoms with Gasteiger partial charge in [0.1, 0.15) is 42.8 Å². The molecule has 0 aromatic heterocycles. The minimum Gasteiger partial charge on any atom is -0.481 e. The average Bonchev–Trinajstić information content (AvgIpc) is 3.18. The number of aliphatic carboxylic acids is 2. The van der Waals surface area contributed by atoms with Crippen LogP contribution in [0, 0.1) is 17.8 Å². The van der Waals surface area contributed by atoms with Crippen LogP contribution in [0.25, 0.3) is 0 Å². The number of carboxylic acid groups (broad SMARTS) is 2. The highest BCUT2D eigenvalue weighted by atomic mass is 16.4. The van der Waals surface area contributed by atoms with Gasteiger partial charge in [0.15, 0.2) is 5.96 Å². The van der Waals surface area contributed by atoms with Gasteiger partial charge in [0.2, 0.25) is 41.4 Å². The van der Waals surface area contributed by atoms with E-state index >= 15 is 0 Å². The molecular weight excluding hydrogens is 823 g/mol. The van der Waals surface area contributed by atoms with Crippen molar-refractivity contribution in [2.24, 2.45) is 39.9 Å². The molecule has 0 fully saturated rings. The predicted octanol–water partition coefficient (Wildman–Crippen LogP) is -2.04. The first-order chi connectivity index (χ1) is 29.5. The lowest BCUT2D eigenvalue weighted by molar-refractivity contribution is -0.141. The molecule has 0 heterocycles. The van der Waals surface area contributed by atoms with Gasteiger partial charge in [-0.1, -0.05) is 71.9 Å². The van der Waals surface area contributed by atoms with Crippen molar-refractivity contribution in [1.82, 2.24) is 37.2 Å². The van der Waals surface area contributed by atoms with Crippen molar-refractivity contribution in [3.05, 3.63) is 35.9 Å². The largest absolute Gasteiger partial charge is 0.481 e. The maximum absolute atomic E-state index is 14.1. The summed E-state index contributed by atoms with van der Waals surface area (Å²) in [5.74, 6) is -9.14. The summed E-state index contributed by atoms with van der Waals surface area (Å²) < 4.78 is 0. The van der Waals surface area contributed by atoms with Gasteiger partial charge in [-0.15, -0.1) is 0 Å². The van der Waals surface area contributed by atoms with Gasteiger partial charge in [-0.2, -0.15) is 0 Å². The topological polar surface area (TPSA) is 369 Å². The number of hydrogen-bond acceptors (Lipinski definition) is 11. The Morgan fingerprint density at radius 2 is 1.00 bits per heavy atom. The third-order valence-electron chi connectivity index (χ3n) is 9.14. The Hall–Kier alpha value is -6.32. The van der Waals surface area contributed by atoms with Gasteiger partial charge in [0.25, 0.3) is 0 Å². The number of rotatable bonds is 29. The van der Waals surface area contributed by atoms with E-state index in [9.17, 15) is 48.3 Å². The molecule has 0 aliphatic heterocycles. The molecule has 63 heavy (non-hydrogen) atoms. The van der Waals surface area contributed by atoms with Crippen LogP contribution >= 0.6 is 0 Å². The fraction of sp³-hybridized carbons (Fsp3) is 0.610. The number of nitrogens with zero attached hydrogens (tertiary/aromatic N) is 1. The Kier molecular flexibility index (Phi) is 24.6. The SMILES string of the molecule is CC(C)C[C@H](NC(=O)CN)C(=O)N[C@@H](CC(=O)O)C(=O)N[C@@H](CCCN=C(N)N)C(=O)N[C@@H](CC(C)C)C(=O)N[C@@H](Cc1ccccc1)C(=O)N[C@@H](CC(C)C)C(=O)NCC(=O)O. The van der Waals surface area contributed by atoms with E-state index in [1.54, 1.807) is 71.9 Å². The average molecular weight is 890 g/mol. The van der Waals surface area contributed by atoms with E-state index in [4.69, 9.17) is 22.3 Å². The lowest BCUT2D eigenvalue weighted by Crippen LogP contribution is -2.60. The molecule has 0 aliphatic carbocycles. The van der Waals surface area contributed by atoms with E-state index in [1.807, 2.05) is 0 Å². The molecule has 1 aromatic carbocycles. The van der Waals surface area contributed by atoms with Crippen molar-refractivity contribution in [2.45, 2.75) is 123 Å². The van der Waals surface area contributed by atoms with Gasteiger partial charge in [-0.3, -0.25) is 48.1 Å². The zero-order chi connectivity index (χ0) is 47.8. The molecule has 22 nitrogen and oxygen atoms in total. The smallest absolute Gasteiger partial charge is 0.322 e. The molecule has 0 bridgehead atoms. The monoisotopic (exact) mass is 890 g/mol. The first kappa shape index (κ1) is 54.7.